The highest BCUT2D eigenvalue weighted by atomic mass is 79.9. The maximum atomic E-state index is 10.6. The van der Waals surface area contributed by atoms with E-state index in [2.05, 4.69) is 47.8 Å². The Morgan fingerprint density at radius 3 is 1.74 bits per heavy atom. The van der Waals surface area contributed by atoms with Crippen LogP contribution in [0.5, 0.6) is 11.5 Å². The van der Waals surface area contributed by atoms with Crippen molar-refractivity contribution in [2.45, 2.75) is 12.8 Å². The molecule has 0 aliphatic heterocycles. The van der Waals surface area contributed by atoms with Gasteiger partial charge in [-0.1, -0.05) is 47.8 Å². The van der Waals surface area contributed by atoms with Crippen molar-refractivity contribution in [1.29, 1.82) is 0 Å². The van der Waals surface area contributed by atoms with Crippen molar-refractivity contribution >= 4 is 70.5 Å². The van der Waals surface area contributed by atoms with Gasteiger partial charge in [0.2, 0.25) is 0 Å². The number of nitro groups is 2. The smallest absolute Gasteiger partial charge is 0.295 e. The van der Waals surface area contributed by atoms with Gasteiger partial charge in [0.05, 0.1) is 28.6 Å². The SMILES string of the molecule is BrCCCBr.Nc1ccc(O)cc1[N+](=O)[O-].Nc1ccc(OCCCBr)cc1[N+](=O)[O-]. The average molecular weight is 631 g/mol. The van der Waals surface area contributed by atoms with E-state index in [0.29, 0.717) is 12.4 Å². The minimum absolute atomic E-state index is 0.0489. The van der Waals surface area contributed by atoms with Gasteiger partial charge in [0.25, 0.3) is 11.4 Å². The van der Waals surface area contributed by atoms with Crippen LogP contribution in [0.4, 0.5) is 22.7 Å². The Balaban J connectivity index is 0.000000492. The molecular formula is C18H23Br3N4O6. The first-order valence-corrected chi connectivity index (χ1v) is 12.1. The molecule has 2 rings (SSSR count). The topological polar surface area (TPSA) is 168 Å². The number of anilines is 2. The van der Waals surface area contributed by atoms with Crippen LogP contribution in [-0.2, 0) is 0 Å². The molecule has 0 radical (unpaired) electrons. The normalized spacial score (nSPS) is 9.52. The van der Waals surface area contributed by atoms with Crippen LogP contribution in [0, 0.1) is 20.2 Å². The predicted octanol–water partition coefficient (Wildman–Crippen LogP) is 5.39. The minimum Gasteiger partial charge on any atom is -0.508 e. The standard InChI is InChI=1S/C9H11BrN2O3.C6H6N2O3.C3H6Br2/c10-4-1-5-15-7-2-3-8(11)9(6-7)12(13)14;7-5-2-1-4(9)3-6(5)8(10)11;4-2-1-3-5/h2-3,6H,1,4-5,11H2;1-3,9H,7H2;1-3H2. The zero-order chi connectivity index (χ0) is 23.8. The molecule has 0 fully saturated rings. The summed E-state index contributed by atoms with van der Waals surface area (Å²) in [4.78, 5) is 19.6. The van der Waals surface area contributed by atoms with Gasteiger partial charge < -0.3 is 21.3 Å². The highest BCUT2D eigenvalue weighted by Crippen LogP contribution is 2.26. The van der Waals surface area contributed by atoms with E-state index in [1.54, 1.807) is 6.07 Å². The number of phenols is 1. The van der Waals surface area contributed by atoms with E-state index in [1.165, 1.54) is 30.7 Å². The monoisotopic (exact) mass is 628 g/mol. The number of nitrogens with two attached hydrogens (primary N) is 2. The number of rotatable bonds is 8. The molecule has 2 aromatic rings. The number of aromatic hydroxyl groups is 1. The lowest BCUT2D eigenvalue weighted by atomic mass is 10.2. The molecule has 0 heterocycles. The number of hydrogen-bond acceptors (Lipinski definition) is 8. The van der Waals surface area contributed by atoms with Gasteiger partial charge in [-0.3, -0.25) is 20.2 Å². The summed E-state index contributed by atoms with van der Waals surface area (Å²) in [5.41, 5.74) is 10.5. The number of benzene rings is 2. The van der Waals surface area contributed by atoms with Crippen LogP contribution >= 0.6 is 47.8 Å². The van der Waals surface area contributed by atoms with Gasteiger partial charge in [0.1, 0.15) is 22.9 Å². The molecule has 0 bridgehead atoms. The van der Waals surface area contributed by atoms with Gasteiger partial charge in [-0.25, -0.2) is 0 Å². The second-order valence-corrected chi connectivity index (χ2v) is 7.98. The van der Waals surface area contributed by atoms with Gasteiger partial charge >= 0.3 is 0 Å². The van der Waals surface area contributed by atoms with E-state index in [4.69, 9.17) is 21.3 Å². The number of nitrogen functional groups attached to an aromatic ring is 2. The zero-order valence-corrected chi connectivity index (χ0v) is 21.1. The maximum Gasteiger partial charge on any atom is 0.295 e. The Kier molecular flexibility index (Phi) is 15.4. The van der Waals surface area contributed by atoms with Gasteiger partial charge in [0.15, 0.2) is 0 Å². The van der Waals surface area contributed by atoms with E-state index >= 15 is 0 Å². The van der Waals surface area contributed by atoms with Crippen LogP contribution in [0.2, 0.25) is 0 Å². The van der Waals surface area contributed by atoms with Crippen molar-refractivity contribution in [3.63, 3.8) is 0 Å². The van der Waals surface area contributed by atoms with Crippen molar-refractivity contribution in [2.75, 3.05) is 34.1 Å². The van der Waals surface area contributed by atoms with E-state index in [-0.39, 0.29) is 28.5 Å². The number of alkyl halides is 3. The van der Waals surface area contributed by atoms with Crippen molar-refractivity contribution in [1.82, 2.24) is 0 Å². The summed E-state index contributed by atoms with van der Waals surface area (Å²) in [7, 11) is 0. The third kappa shape index (κ3) is 12.4. The number of ether oxygens (including phenoxy) is 1. The molecule has 0 spiro atoms. The molecule has 5 N–H and O–H groups in total. The fourth-order valence-corrected chi connectivity index (χ4v) is 3.30. The molecule has 0 aliphatic carbocycles. The van der Waals surface area contributed by atoms with Crippen molar-refractivity contribution in [2.24, 2.45) is 0 Å². The van der Waals surface area contributed by atoms with Crippen LogP contribution in [0.3, 0.4) is 0 Å². The Bertz CT molecular complexity index is 840. The average Bonchev–Trinajstić information content (AvgIpc) is 2.72. The predicted molar refractivity (Wildman–Crippen MR) is 133 cm³/mol. The molecule has 0 saturated carbocycles. The third-order valence-electron chi connectivity index (χ3n) is 3.22. The molecule has 0 aliphatic rings. The Hall–Kier alpha value is -2.12. The molecule has 2 aromatic carbocycles. The summed E-state index contributed by atoms with van der Waals surface area (Å²) < 4.78 is 5.30. The molecule has 10 nitrogen and oxygen atoms in total. The maximum absolute atomic E-state index is 10.6. The van der Waals surface area contributed by atoms with Crippen molar-refractivity contribution in [3.05, 3.63) is 56.6 Å². The highest BCUT2D eigenvalue weighted by Gasteiger charge is 2.12. The van der Waals surface area contributed by atoms with Crippen LogP contribution in [-0.4, -0.2) is 37.6 Å². The van der Waals surface area contributed by atoms with Gasteiger partial charge in [-0.2, -0.15) is 0 Å². The minimum atomic E-state index is -0.644. The van der Waals surface area contributed by atoms with E-state index in [1.807, 2.05) is 0 Å². The van der Waals surface area contributed by atoms with E-state index in [9.17, 15) is 20.2 Å². The van der Waals surface area contributed by atoms with Crippen LogP contribution in [0.15, 0.2) is 36.4 Å². The summed E-state index contributed by atoms with van der Waals surface area (Å²) in [6.45, 7) is 0.520. The third-order valence-corrected chi connectivity index (χ3v) is 4.91. The van der Waals surface area contributed by atoms with Crippen LogP contribution in [0.1, 0.15) is 12.8 Å². The number of hydrogen-bond donors (Lipinski definition) is 3. The summed E-state index contributed by atoms with van der Waals surface area (Å²) in [5.74, 6) is 0.308. The fourth-order valence-electron chi connectivity index (χ4n) is 1.76. The Morgan fingerprint density at radius 2 is 1.32 bits per heavy atom. The summed E-state index contributed by atoms with van der Waals surface area (Å²) in [6.07, 6.45) is 2.07. The molecule has 0 atom stereocenters. The molecule has 0 saturated heterocycles. The number of halogens is 3. The van der Waals surface area contributed by atoms with Crippen LogP contribution in [0.25, 0.3) is 0 Å². The van der Waals surface area contributed by atoms with E-state index < -0.39 is 9.85 Å². The second kappa shape index (κ2) is 16.6. The number of nitro benzene ring substituents is 2. The molecule has 31 heavy (non-hydrogen) atoms. The second-order valence-electron chi connectivity index (χ2n) is 5.60. The van der Waals surface area contributed by atoms with Crippen LogP contribution < -0.4 is 16.2 Å². The summed E-state index contributed by atoms with van der Waals surface area (Å²) in [6, 6.07) is 8.02. The lowest BCUT2D eigenvalue weighted by Gasteiger charge is -2.05. The molecule has 0 aromatic heterocycles. The molecule has 172 valence electrons. The van der Waals surface area contributed by atoms with Gasteiger partial charge in [-0.05, 0) is 37.1 Å². The molecule has 0 amide bonds. The molecule has 13 heteroatoms. The van der Waals surface area contributed by atoms with Crippen molar-refractivity contribution < 1.29 is 19.7 Å². The van der Waals surface area contributed by atoms with E-state index in [0.717, 1.165) is 28.5 Å². The highest BCUT2D eigenvalue weighted by molar-refractivity contribution is 9.09. The first-order valence-electron chi connectivity index (χ1n) is 8.75. The quantitative estimate of drug-likeness (QED) is 0.0871. The van der Waals surface area contributed by atoms with Gasteiger partial charge in [0, 0.05) is 16.0 Å². The molecular weight excluding hydrogens is 608 g/mol. The summed E-state index contributed by atoms with van der Waals surface area (Å²) in [5, 5.41) is 32.6. The first-order chi connectivity index (χ1) is 14.7. The zero-order valence-electron chi connectivity index (χ0n) is 16.4. The largest absolute Gasteiger partial charge is 0.508 e. The summed E-state index contributed by atoms with van der Waals surface area (Å²) >= 11 is 9.82. The number of nitrogens with zero attached hydrogens (tertiary/aromatic N) is 2. The van der Waals surface area contributed by atoms with Gasteiger partial charge in [-0.15, -0.1) is 0 Å². The van der Waals surface area contributed by atoms with Crippen molar-refractivity contribution in [3.8, 4) is 11.5 Å². The Morgan fingerprint density at radius 1 is 0.839 bits per heavy atom. The Labute approximate surface area is 204 Å². The fraction of sp³-hybridized carbons (Fsp3) is 0.333. The lowest BCUT2D eigenvalue weighted by molar-refractivity contribution is -0.384. The first kappa shape index (κ1) is 28.9. The molecule has 0 unspecified atom stereocenters. The lowest BCUT2D eigenvalue weighted by Crippen LogP contribution is -2.00. The number of phenolic OH excluding ortho intramolecular Hbond substituents is 1.